The summed E-state index contributed by atoms with van der Waals surface area (Å²) in [6.45, 7) is 34.2. The normalized spacial score (nSPS) is 18.4. The number of rotatable bonds is 19. The second kappa shape index (κ2) is 39.7. The number of benzene rings is 9. The Kier molecular flexibility index (Phi) is 29.9. The van der Waals surface area contributed by atoms with Crippen LogP contribution in [0.4, 0.5) is 28.4 Å². The van der Waals surface area contributed by atoms with Crippen LogP contribution in [0.15, 0.2) is 194 Å². The first-order valence-electron chi connectivity index (χ1n) is 41.6. The van der Waals surface area contributed by atoms with E-state index in [2.05, 4.69) is 188 Å². The van der Waals surface area contributed by atoms with Crippen LogP contribution in [-0.2, 0) is 41.9 Å². The minimum absolute atomic E-state index is 0.0206. The number of amides is 6. The molecule has 118 heavy (non-hydrogen) atoms. The maximum absolute atomic E-state index is 12.5. The molecule has 0 saturated heterocycles. The molecule has 13 rings (SSSR count). The van der Waals surface area contributed by atoms with Gasteiger partial charge in [0.1, 0.15) is 0 Å². The summed E-state index contributed by atoms with van der Waals surface area (Å²) in [5.74, 6) is -0.890. The summed E-state index contributed by atoms with van der Waals surface area (Å²) in [4.78, 5) is 105. The third kappa shape index (κ3) is 21.5. The van der Waals surface area contributed by atoms with E-state index in [1.54, 1.807) is 56.9 Å². The molecule has 6 amide bonds. The average molecular weight is 1590 g/mol. The molecule has 0 bridgehead atoms. The topological polar surface area (TPSA) is 242 Å². The lowest BCUT2D eigenvalue weighted by Crippen LogP contribution is -2.46. The number of anilines is 5. The summed E-state index contributed by atoms with van der Waals surface area (Å²) < 4.78 is 0. The second-order valence-corrected chi connectivity index (χ2v) is 33.3. The molecule has 19 nitrogen and oxygen atoms in total. The Morgan fingerprint density at radius 3 is 0.949 bits per heavy atom. The zero-order valence-corrected chi connectivity index (χ0v) is 72.1. The fourth-order valence-corrected chi connectivity index (χ4v) is 16.6. The van der Waals surface area contributed by atoms with Crippen LogP contribution in [0.3, 0.4) is 0 Å². The molecular formula is C99H120N10O9. The number of fused-ring (bicyclic) bond motifs is 4. The van der Waals surface area contributed by atoms with Crippen molar-refractivity contribution in [2.75, 3.05) is 39.0 Å². The number of nitrogens with zero attached hydrogens (tertiary/aromatic N) is 4. The van der Waals surface area contributed by atoms with Gasteiger partial charge in [-0.1, -0.05) is 182 Å². The monoisotopic (exact) mass is 1590 g/mol. The summed E-state index contributed by atoms with van der Waals surface area (Å²) >= 11 is 0. The highest BCUT2D eigenvalue weighted by atomic mass is 16.4. The van der Waals surface area contributed by atoms with E-state index >= 15 is 0 Å². The number of Topliss-reactive ketones (excluding diaryl/α,β-unsaturated/α-hetero) is 1. The summed E-state index contributed by atoms with van der Waals surface area (Å²) in [5, 5.41) is 29.1. The van der Waals surface area contributed by atoms with Crippen LogP contribution in [0, 0.1) is 24.7 Å². The maximum Gasteiger partial charge on any atom is 0.335 e. The van der Waals surface area contributed by atoms with Crippen molar-refractivity contribution in [2.45, 2.75) is 211 Å². The number of hydrogen-bond acceptors (Lipinski definition) is 12. The van der Waals surface area contributed by atoms with Crippen LogP contribution in [0.1, 0.15) is 220 Å². The number of carbonyl (C=O) groups excluding carboxylic acids is 7. The van der Waals surface area contributed by atoms with Crippen molar-refractivity contribution in [3.05, 3.63) is 244 Å². The van der Waals surface area contributed by atoms with Crippen LogP contribution in [0.5, 0.6) is 0 Å². The van der Waals surface area contributed by atoms with Gasteiger partial charge in [0.05, 0.1) is 23.7 Å². The van der Waals surface area contributed by atoms with E-state index in [-0.39, 0.29) is 113 Å². The molecule has 4 aliphatic rings. The molecule has 9 aromatic carbocycles. The van der Waals surface area contributed by atoms with Gasteiger partial charge in [-0.15, -0.1) is 0 Å². The number of aromatic carboxylic acids is 1. The number of carboxylic acids is 1. The number of hydrogen-bond donors (Lipinski definition) is 7. The Hall–Kier alpha value is -11.4. The lowest BCUT2D eigenvalue weighted by Gasteiger charge is -2.40. The van der Waals surface area contributed by atoms with Crippen LogP contribution in [0.2, 0.25) is 0 Å². The predicted molar refractivity (Wildman–Crippen MR) is 478 cm³/mol. The molecule has 19 heteroatoms. The van der Waals surface area contributed by atoms with Gasteiger partial charge in [-0.25, -0.2) is 4.79 Å². The van der Waals surface area contributed by atoms with Crippen molar-refractivity contribution in [3.63, 3.8) is 0 Å². The lowest BCUT2D eigenvalue weighted by atomic mass is 9.88. The molecule has 0 fully saturated rings. The Morgan fingerprint density at radius 1 is 0.364 bits per heavy atom. The van der Waals surface area contributed by atoms with E-state index in [0.717, 1.165) is 110 Å². The van der Waals surface area contributed by atoms with Crippen molar-refractivity contribution in [2.24, 2.45) is 17.8 Å². The van der Waals surface area contributed by atoms with Crippen LogP contribution in [0.25, 0.3) is 44.5 Å². The highest BCUT2D eigenvalue weighted by Gasteiger charge is 2.38. The Bertz CT molecular complexity index is 5060. The summed E-state index contributed by atoms with van der Waals surface area (Å²) in [5.41, 5.74) is 22.2. The number of carboxylic acid groups (broad SMARTS) is 1. The second-order valence-electron chi connectivity index (χ2n) is 33.3. The molecule has 620 valence electrons. The van der Waals surface area contributed by atoms with Crippen molar-refractivity contribution in [1.82, 2.24) is 26.6 Å². The van der Waals surface area contributed by atoms with Gasteiger partial charge in [-0.3, -0.25) is 33.6 Å². The van der Waals surface area contributed by atoms with E-state index < -0.39 is 5.97 Å². The summed E-state index contributed by atoms with van der Waals surface area (Å²) in [7, 11) is 3.89. The van der Waals surface area contributed by atoms with Crippen LogP contribution < -0.4 is 51.5 Å². The molecule has 0 saturated carbocycles. The average Bonchev–Trinajstić information content (AvgIpc) is 0.781. The van der Waals surface area contributed by atoms with Crippen molar-refractivity contribution in [3.8, 4) is 44.5 Å². The molecule has 0 spiro atoms. The first kappa shape index (κ1) is 89.0. The molecule has 7 N–H and O–H groups in total. The summed E-state index contributed by atoms with van der Waals surface area (Å²) in [6, 6.07) is 65.6. The largest absolute Gasteiger partial charge is 0.478 e. The van der Waals surface area contributed by atoms with Crippen molar-refractivity contribution >= 4 is 75.6 Å². The number of ketones is 1. The molecular weight excluding hydrogens is 1470 g/mol. The molecule has 4 aliphatic heterocycles. The molecule has 8 atom stereocenters. The first-order chi connectivity index (χ1) is 56.1. The summed E-state index contributed by atoms with van der Waals surface area (Å²) in [6.07, 6.45) is 3.09. The SMILES string of the molecule is CC(=O)N1c2ccc(-c3ccc(C(=O)C(C)C)cc3)cc2[C@H](Nc2ccc(C)cc2)C[C@@H]1C.CC(=O)N1c2ccc(-c3ccc(C(=O)O)cc3)cc2[C@H](NC(=O)C(C)C)C[C@@H]1C.CNCc1ccc(-c2ccc3c(c2)[C@H](NC(=O)C(C)C)C[C@H](C)N3C(C)=O)cc1.CNCc1ccc(-c2ccc3c(c2)[C@H](NC(C)C)C[C@H](C)N3C(C)=O)cc1. The molecule has 0 aliphatic carbocycles. The number of aryl methyl sites for hydroxylation is 1. The van der Waals surface area contributed by atoms with E-state index in [0.29, 0.717) is 18.9 Å². The minimum atomic E-state index is -0.968. The standard InChI is InChI=1S/C29H32N2O2.C24H31N3O2.C23H31N3O.C23H26N2O4/c1-18(2)29(33)23-10-8-22(9-11-23)24-12-15-28-26(17-24)27(16-20(4)31(28)21(5)32)30-25-13-6-19(3)7-14-25;1-15(2)24(29)26-22-12-16(3)27(17(4)28)23-11-10-20(13-21(22)23)19-8-6-18(7-9-19)14-25-5;1-15(2)25-22-12-16(3)26(17(4)27)23-11-10-20(13-21(22)23)19-8-6-18(7-9-19)14-24-5;1-13(2)22(27)24-20-11-14(3)25(15(4)26)21-10-9-18(12-19(20)21)16-5-7-17(8-6-16)23(28)29/h6-15,17-18,20,27,30H,16H2,1-5H3;6-11,13,15-16,22,25H,12,14H2,1-5H3,(H,26,29);6-11,13,15-16,22,24-25H,12,14H2,1-5H3;5-10,12-14,20H,11H2,1-4H3,(H,24,27)(H,28,29)/t20-,27+;2*16-,22+;14-,20+/m0000/s1. The molecule has 4 heterocycles. The van der Waals surface area contributed by atoms with Gasteiger partial charge in [0, 0.05) is 129 Å². The predicted octanol–water partition coefficient (Wildman–Crippen LogP) is 19.1. The third-order valence-corrected chi connectivity index (χ3v) is 22.5. The van der Waals surface area contributed by atoms with E-state index in [1.807, 2.05) is 133 Å². The molecule has 9 aromatic rings. The van der Waals surface area contributed by atoms with Crippen molar-refractivity contribution in [1.29, 1.82) is 0 Å². The van der Waals surface area contributed by atoms with Gasteiger partial charge in [0.15, 0.2) is 5.78 Å². The van der Waals surface area contributed by atoms with Gasteiger partial charge in [0.2, 0.25) is 35.4 Å². The van der Waals surface area contributed by atoms with Gasteiger partial charge in [-0.05, 0) is 225 Å². The lowest BCUT2D eigenvalue weighted by molar-refractivity contribution is -0.125. The quantitative estimate of drug-likeness (QED) is 0.0373. The highest BCUT2D eigenvalue weighted by Crippen LogP contribution is 2.45. The number of carbonyl (C=O) groups is 8. The third-order valence-electron chi connectivity index (χ3n) is 22.5. The van der Waals surface area contributed by atoms with E-state index in [1.165, 1.54) is 33.4 Å². The van der Waals surface area contributed by atoms with Gasteiger partial charge < -0.3 is 56.6 Å². The number of nitrogens with one attached hydrogen (secondary N) is 6. The first-order valence-corrected chi connectivity index (χ1v) is 41.6. The molecule has 0 aromatic heterocycles. The van der Waals surface area contributed by atoms with Gasteiger partial charge in [-0.2, -0.15) is 0 Å². The van der Waals surface area contributed by atoms with E-state index in [9.17, 15) is 38.4 Å². The molecule has 0 unspecified atom stereocenters. The van der Waals surface area contributed by atoms with Gasteiger partial charge in [0.25, 0.3) is 0 Å². The van der Waals surface area contributed by atoms with Gasteiger partial charge >= 0.3 is 5.97 Å². The van der Waals surface area contributed by atoms with Crippen molar-refractivity contribution < 1.29 is 43.5 Å². The Morgan fingerprint density at radius 2 is 0.653 bits per heavy atom. The maximum atomic E-state index is 12.5. The Balaban J connectivity index is 0.000000166. The fourth-order valence-electron chi connectivity index (χ4n) is 16.6. The van der Waals surface area contributed by atoms with Crippen LogP contribution in [-0.4, -0.2) is 96.6 Å². The minimum Gasteiger partial charge on any atom is -0.478 e. The fraction of sp³-hybridized carbons (Fsp3) is 0.374. The smallest absolute Gasteiger partial charge is 0.335 e. The van der Waals surface area contributed by atoms with Crippen LogP contribution >= 0.6 is 0 Å². The highest BCUT2D eigenvalue weighted by molar-refractivity contribution is 5.99. The zero-order chi connectivity index (χ0) is 85.7. The zero-order valence-electron chi connectivity index (χ0n) is 72.1. The van der Waals surface area contributed by atoms with E-state index in [4.69, 9.17) is 5.11 Å². The Labute approximate surface area is 698 Å². The molecule has 0 radical (unpaired) electrons.